The van der Waals surface area contributed by atoms with Crippen molar-refractivity contribution in [3.05, 3.63) is 45.5 Å². The zero-order valence-electron chi connectivity index (χ0n) is 14.7. The summed E-state index contributed by atoms with van der Waals surface area (Å²) in [6.45, 7) is 7.70. The SMILES string of the molecule is Cc1nc(C2CCN(c3c(C)c(C)nn4cnnc34)CC2)cc(=O)[nH]1. The van der Waals surface area contributed by atoms with Gasteiger partial charge in [-0.15, -0.1) is 10.2 Å². The second-order valence-electron chi connectivity index (χ2n) is 6.68. The second-order valence-corrected chi connectivity index (χ2v) is 6.68. The summed E-state index contributed by atoms with van der Waals surface area (Å²) in [6, 6.07) is 1.63. The van der Waals surface area contributed by atoms with Crippen LogP contribution in [-0.2, 0) is 0 Å². The van der Waals surface area contributed by atoms with Crippen molar-refractivity contribution >= 4 is 11.3 Å². The molecule has 1 saturated heterocycles. The molecular formula is C17H21N7O. The topological polar surface area (TPSA) is 92.1 Å². The number of hydrogen-bond donors (Lipinski definition) is 1. The number of aromatic nitrogens is 6. The summed E-state index contributed by atoms with van der Waals surface area (Å²) >= 11 is 0. The molecule has 1 aliphatic heterocycles. The van der Waals surface area contributed by atoms with Crippen molar-refractivity contribution in [3.63, 3.8) is 0 Å². The summed E-state index contributed by atoms with van der Waals surface area (Å²) in [7, 11) is 0. The number of hydrogen-bond acceptors (Lipinski definition) is 6. The van der Waals surface area contributed by atoms with Crippen LogP contribution >= 0.6 is 0 Å². The first-order chi connectivity index (χ1) is 12.0. The number of aryl methyl sites for hydroxylation is 2. The second kappa shape index (κ2) is 5.94. The lowest BCUT2D eigenvalue weighted by Crippen LogP contribution is -2.34. The van der Waals surface area contributed by atoms with Crippen LogP contribution in [0.15, 0.2) is 17.2 Å². The molecule has 25 heavy (non-hydrogen) atoms. The van der Waals surface area contributed by atoms with Crippen molar-refractivity contribution in [2.24, 2.45) is 0 Å². The molecule has 1 aliphatic rings. The third kappa shape index (κ3) is 2.77. The standard InChI is InChI=1S/C17H21N7O/c1-10-11(2)22-24-9-18-21-17(24)16(10)23-6-4-13(5-7-23)14-8-15(25)20-12(3)19-14/h8-9,13H,4-7H2,1-3H3,(H,19,20,25). The summed E-state index contributed by atoms with van der Waals surface area (Å²) in [6.07, 6.45) is 3.55. The van der Waals surface area contributed by atoms with Crippen LogP contribution < -0.4 is 10.5 Å². The predicted octanol–water partition coefficient (Wildman–Crippen LogP) is 1.52. The average Bonchev–Trinajstić information content (AvgIpc) is 3.03. The minimum absolute atomic E-state index is 0.0734. The van der Waals surface area contributed by atoms with Crippen molar-refractivity contribution in [2.75, 3.05) is 18.0 Å². The smallest absolute Gasteiger partial charge is 0.251 e. The van der Waals surface area contributed by atoms with Gasteiger partial charge in [-0.2, -0.15) is 9.61 Å². The molecule has 0 spiro atoms. The van der Waals surface area contributed by atoms with E-state index in [1.807, 2.05) is 13.8 Å². The van der Waals surface area contributed by atoms with Crippen LogP contribution in [0.25, 0.3) is 5.65 Å². The van der Waals surface area contributed by atoms with Crippen LogP contribution in [-0.4, -0.2) is 42.9 Å². The van der Waals surface area contributed by atoms with E-state index in [0.29, 0.717) is 11.7 Å². The molecule has 0 bridgehead atoms. The van der Waals surface area contributed by atoms with Crippen LogP contribution in [0, 0.1) is 20.8 Å². The Morgan fingerprint density at radius 1 is 1.20 bits per heavy atom. The minimum Gasteiger partial charge on any atom is -0.368 e. The lowest BCUT2D eigenvalue weighted by atomic mass is 9.92. The highest BCUT2D eigenvalue weighted by Gasteiger charge is 2.26. The van der Waals surface area contributed by atoms with Crippen LogP contribution in [0.5, 0.6) is 0 Å². The first-order valence-corrected chi connectivity index (χ1v) is 8.53. The van der Waals surface area contributed by atoms with Gasteiger partial charge in [0, 0.05) is 25.1 Å². The fraction of sp³-hybridized carbons (Fsp3) is 0.471. The molecule has 8 heteroatoms. The van der Waals surface area contributed by atoms with Gasteiger partial charge in [0.25, 0.3) is 5.56 Å². The molecule has 0 atom stereocenters. The first kappa shape index (κ1) is 15.7. The number of aromatic amines is 1. The van der Waals surface area contributed by atoms with Crippen molar-refractivity contribution in [2.45, 2.75) is 39.5 Å². The number of fused-ring (bicyclic) bond motifs is 1. The van der Waals surface area contributed by atoms with Gasteiger partial charge in [-0.05, 0) is 39.2 Å². The van der Waals surface area contributed by atoms with Gasteiger partial charge in [-0.25, -0.2) is 4.98 Å². The van der Waals surface area contributed by atoms with E-state index in [0.717, 1.165) is 54.2 Å². The number of nitrogens with zero attached hydrogens (tertiary/aromatic N) is 6. The molecular weight excluding hydrogens is 318 g/mol. The predicted molar refractivity (Wildman–Crippen MR) is 94.0 cm³/mol. The van der Waals surface area contributed by atoms with Crippen molar-refractivity contribution in [3.8, 4) is 0 Å². The van der Waals surface area contributed by atoms with E-state index in [4.69, 9.17) is 0 Å². The van der Waals surface area contributed by atoms with Gasteiger partial charge in [0.05, 0.1) is 17.1 Å². The Balaban J connectivity index is 1.61. The molecule has 4 rings (SSSR count). The van der Waals surface area contributed by atoms with Gasteiger partial charge in [0.15, 0.2) is 0 Å². The molecule has 0 aromatic carbocycles. The zero-order valence-corrected chi connectivity index (χ0v) is 14.7. The molecule has 0 aliphatic carbocycles. The monoisotopic (exact) mass is 339 g/mol. The van der Waals surface area contributed by atoms with Gasteiger partial charge in [0.1, 0.15) is 12.2 Å². The van der Waals surface area contributed by atoms with E-state index in [1.54, 1.807) is 16.9 Å². The summed E-state index contributed by atoms with van der Waals surface area (Å²) in [4.78, 5) is 21.3. The summed E-state index contributed by atoms with van der Waals surface area (Å²) in [5.41, 5.74) is 4.86. The van der Waals surface area contributed by atoms with Gasteiger partial charge in [-0.1, -0.05) is 0 Å². The Morgan fingerprint density at radius 3 is 2.68 bits per heavy atom. The Kier molecular flexibility index (Phi) is 3.74. The maximum atomic E-state index is 11.7. The quantitative estimate of drug-likeness (QED) is 0.761. The van der Waals surface area contributed by atoms with E-state index < -0.39 is 0 Å². The highest BCUT2D eigenvalue weighted by atomic mass is 16.1. The van der Waals surface area contributed by atoms with Gasteiger partial charge >= 0.3 is 0 Å². The molecule has 1 fully saturated rings. The highest BCUT2D eigenvalue weighted by Crippen LogP contribution is 2.33. The molecule has 0 unspecified atom stereocenters. The van der Waals surface area contributed by atoms with Crippen molar-refractivity contribution in [1.82, 2.24) is 29.8 Å². The van der Waals surface area contributed by atoms with Crippen LogP contribution in [0.2, 0.25) is 0 Å². The lowest BCUT2D eigenvalue weighted by Gasteiger charge is -2.34. The molecule has 4 heterocycles. The molecule has 130 valence electrons. The third-order valence-electron chi connectivity index (χ3n) is 5.01. The van der Waals surface area contributed by atoms with Crippen molar-refractivity contribution < 1.29 is 0 Å². The molecule has 3 aromatic heterocycles. The lowest BCUT2D eigenvalue weighted by molar-refractivity contribution is 0.493. The fourth-order valence-electron chi connectivity index (χ4n) is 3.62. The molecule has 0 saturated carbocycles. The Morgan fingerprint density at radius 2 is 1.96 bits per heavy atom. The highest BCUT2D eigenvalue weighted by molar-refractivity contribution is 5.72. The Hall–Kier alpha value is -2.77. The molecule has 0 radical (unpaired) electrons. The maximum absolute atomic E-state index is 11.7. The molecule has 8 nitrogen and oxygen atoms in total. The zero-order chi connectivity index (χ0) is 17.6. The Labute approximate surface area is 144 Å². The number of H-pyrrole nitrogens is 1. The Bertz CT molecular complexity index is 982. The van der Waals surface area contributed by atoms with E-state index in [-0.39, 0.29) is 5.56 Å². The van der Waals surface area contributed by atoms with E-state index in [9.17, 15) is 4.79 Å². The number of rotatable bonds is 2. The van der Waals surface area contributed by atoms with E-state index in [1.165, 1.54) is 0 Å². The van der Waals surface area contributed by atoms with Crippen molar-refractivity contribution in [1.29, 1.82) is 0 Å². The normalized spacial score (nSPS) is 15.9. The largest absolute Gasteiger partial charge is 0.368 e. The number of anilines is 1. The minimum atomic E-state index is -0.0734. The van der Waals surface area contributed by atoms with Gasteiger partial charge < -0.3 is 9.88 Å². The summed E-state index contributed by atoms with van der Waals surface area (Å²) < 4.78 is 1.74. The van der Waals surface area contributed by atoms with Crippen LogP contribution in [0.4, 0.5) is 5.69 Å². The summed E-state index contributed by atoms with van der Waals surface area (Å²) in [5, 5.41) is 12.7. The maximum Gasteiger partial charge on any atom is 0.251 e. The number of piperidine rings is 1. The summed E-state index contributed by atoms with van der Waals surface area (Å²) in [5.74, 6) is 0.991. The number of nitrogens with one attached hydrogen (secondary N) is 1. The van der Waals surface area contributed by atoms with E-state index in [2.05, 4.69) is 37.1 Å². The molecule has 0 amide bonds. The molecule has 1 N–H and O–H groups in total. The van der Waals surface area contributed by atoms with Gasteiger partial charge in [-0.3, -0.25) is 4.79 Å². The van der Waals surface area contributed by atoms with Crippen LogP contribution in [0.1, 0.15) is 41.5 Å². The fourth-order valence-corrected chi connectivity index (χ4v) is 3.62. The third-order valence-corrected chi connectivity index (χ3v) is 5.01. The van der Waals surface area contributed by atoms with E-state index >= 15 is 0 Å². The molecule has 3 aromatic rings. The van der Waals surface area contributed by atoms with Gasteiger partial charge in [0.2, 0.25) is 5.65 Å². The first-order valence-electron chi connectivity index (χ1n) is 8.53. The average molecular weight is 339 g/mol. The van der Waals surface area contributed by atoms with Crippen LogP contribution in [0.3, 0.4) is 0 Å².